The second-order valence-electron chi connectivity index (χ2n) is 5.51. The predicted molar refractivity (Wildman–Crippen MR) is 72.6 cm³/mol. The Morgan fingerprint density at radius 3 is 2.72 bits per heavy atom. The lowest BCUT2D eigenvalue weighted by Crippen LogP contribution is -2.19. The molecule has 96 valence electrons. The molecule has 3 unspecified atom stereocenters. The van der Waals surface area contributed by atoms with Crippen LogP contribution in [0.3, 0.4) is 0 Å². The van der Waals surface area contributed by atoms with Crippen LogP contribution in [-0.2, 0) is 4.74 Å². The van der Waals surface area contributed by atoms with Crippen molar-refractivity contribution in [3.8, 4) is 5.75 Å². The minimum atomic E-state index is 0.540. The lowest BCUT2D eigenvalue weighted by molar-refractivity contribution is 0.217. The maximum absolute atomic E-state index is 5.86. The van der Waals surface area contributed by atoms with Crippen molar-refractivity contribution in [2.24, 2.45) is 5.92 Å². The van der Waals surface area contributed by atoms with E-state index in [0.29, 0.717) is 18.1 Å². The Hall–Kier alpha value is -1.28. The first-order valence-corrected chi connectivity index (χ1v) is 6.76. The SMILES string of the molecule is C=C(C)c1ccc(OCC2CCC3OC3C2)cc1. The Morgan fingerprint density at radius 2 is 2.06 bits per heavy atom. The summed E-state index contributed by atoms with van der Waals surface area (Å²) in [5, 5.41) is 0. The van der Waals surface area contributed by atoms with Crippen LogP contribution in [-0.4, -0.2) is 18.8 Å². The first kappa shape index (κ1) is 11.8. The minimum Gasteiger partial charge on any atom is -0.493 e. The molecule has 1 saturated carbocycles. The van der Waals surface area contributed by atoms with E-state index in [1.165, 1.54) is 24.8 Å². The smallest absolute Gasteiger partial charge is 0.119 e. The fourth-order valence-corrected chi connectivity index (χ4v) is 2.69. The molecule has 1 heterocycles. The van der Waals surface area contributed by atoms with Gasteiger partial charge >= 0.3 is 0 Å². The predicted octanol–water partition coefficient (Wildman–Crippen LogP) is 3.67. The van der Waals surface area contributed by atoms with Gasteiger partial charge in [0.15, 0.2) is 0 Å². The molecule has 0 bridgehead atoms. The van der Waals surface area contributed by atoms with Gasteiger partial charge in [-0.25, -0.2) is 0 Å². The van der Waals surface area contributed by atoms with Crippen molar-refractivity contribution in [3.63, 3.8) is 0 Å². The number of rotatable bonds is 4. The third-order valence-corrected chi connectivity index (χ3v) is 3.95. The molecule has 1 aliphatic heterocycles. The van der Waals surface area contributed by atoms with E-state index >= 15 is 0 Å². The third kappa shape index (κ3) is 2.59. The third-order valence-electron chi connectivity index (χ3n) is 3.95. The van der Waals surface area contributed by atoms with E-state index in [-0.39, 0.29) is 0 Å². The summed E-state index contributed by atoms with van der Waals surface area (Å²) in [5.74, 6) is 1.62. The van der Waals surface area contributed by atoms with Crippen LogP contribution in [0.4, 0.5) is 0 Å². The van der Waals surface area contributed by atoms with Gasteiger partial charge in [-0.2, -0.15) is 0 Å². The Morgan fingerprint density at radius 1 is 1.28 bits per heavy atom. The molecule has 0 amide bonds. The lowest BCUT2D eigenvalue weighted by atomic mass is 9.90. The number of fused-ring (bicyclic) bond motifs is 1. The Bertz CT molecular complexity index is 435. The van der Waals surface area contributed by atoms with Crippen LogP contribution in [0.2, 0.25) is 0 Å². The monoisotopic (exact) mass is 244 g/mol. The fourth-order valence-electron chi connectivity index (χ4n) is 2.69. The molecular weight excluding hydrogens is 224 g/mol. The molecule has 0 aromatic heterocycles. The minimum absolute atomic E-state index is 0.540. The molecule has 3 rings (SSSR count). The van der Waals surface area contributed by atoms with Crippen molar-refractivity contribution in [1.29, 1.82) is 0 Å². The molecule has 1 saturated heterocycles. The second-order valence-corrected chi connectivity index (χ2v) is 5.51. The molecule has 0 radical (unpaired) electrons. The molecule has 2 heteroatoms. The topological polar surface area (TPSA) is 21.8 Å². The summed E-state index contributed by atoms with van der Waals surface area (Å²) in [6.45, 7) is 6.77. The normalized spacial score (nSPS) is 29.5. The van der Waals surface area contributed by atoms with Gasteiger partial charge in [0.1, 0.15) is 5.75 Å². The summed E-state index contributed by atoms with van der Waals surface area (Å²) in [7, 11) is 0. The quantitative estimate of drug-likeness (QED) is 0.754. The standard InChI is InChI=1S/C16H20O2/c1-11(2)13-4-6-14(7-5-13)17-10-12-3-8-15-16(9-12)18-15/h4-7,12,15-16H,1,3,8-10H2,2H3. The first-order chi connectivity index (χ1) is 8.72. The van der Waals surface area contributed by atoms with Crippen LogP contribution in [0.5, 0.6) is 5.75 Å². The van der Waals surface area contributed by atoms with Crippen molar-refractivity contribution in [1.82, 2.24) is 0 Å². The highest BCUT2D eigenvalue weighted by molar-refractivity contribution is 5.61. The highest BCUT2D eigenvalue weighted by Crippen LogP contribution is 2.39. The maximum atomic E-state index is 5.86. The zero-order valence-corrected chi connectivity index (χ0v) is 10.9. The fraction of sp³-hybridized carbons (Fsp3) is 0.500. The van der Waals surface area contributed by atoms with Gasteiger partial charge in [-0.1, -0.05) is 24.3 Å². The lowest BCUT2D eigenvalue weighted by Gasteiger charge is -2.19. The summed E-state index contributed by atoms with van der Waals surface area (Å²) in [5.41, 5.74) is 2.26. The zero-order valence-electron chi connectivity index (χ0n) is 10.9. The molecule has 0 N–H and O–H groups in total. The van der Waals surface area contributed by atoms with Crippen LogP contribution in [0.15, 0.2) is 30.8 Å². The van der Waals surface area contributed by atoms with E-state index in [1.54, 1.807) is 0 Å². The number of ether oxygens (including phenoxy) is 2. The van der Waals surface area contributed by atoms with Gasteiger partial charge in [-0.05, 0) is 49.8 Å². The molecule has 1 aromatic rings. The highest BCUT2D eigenvalue weighted by atomic mass is 16.6. The number of allylic oxidation sites excluding steroid dienone is 1. The van der Waals surface area contributed by atoms with Gasteiger partial charge in [-0.15, -0.1) is 0 Å². The van der Waals surface area contributed by atoms with Gasteiger partial charge < -0.3 is 9.47 Å². The van der Waals surface area contributed by atoms with Crippen LogP contribution in [0, 0.1) is 5.92 Å². The molecular formula is C16H20O2. The van der Waals surface area contributed by atoms with E-state index in [2.05, 4.69) is 18.7 Å². The molecule has 1 aromatic carbocycles. The van der Waals surface area contributed by atoms with Crippen molar-refractivity contribution >= 4 is 5.57 Å². The van der Waals surface area contributed by atoms with Crippen LogP contribution < -0.4 is 4.74 Å². The van der Waals surface area contributed by atoms with E-state index in [1.807, 2.05) is 19.1 Å². The first-order valence-electron chi connectivity index (χ1n) is 6.76. The molecule has 2 fully saturated rings. The van der Waals surface area contributed by atoms with Crippen molar-refractivity contribution < 1.29 is 9.47 Å². The number of hydrogen-bond donors (Lipinski definition) is 0. The number of hydrogen-bond acceptors (Lipinski definition) is 2. The van der Waals surface area contributed by atoms with Crippen LogP contribution in [0.1, 0.15) is 31.7 Å². The van der Waals surface area contributed by atoms with Gasteiger partial charge in [0.25, 0.3) is 0 Å². The van der Waals surface area contributed by atoms with Crippen molar-refractivity contribution in [2.45, 2.75) is 38.4 Å². The summed E-state index contributed by atoms with van der Waals surface area (Å²) >= 11 is 0. The summed E-state index contributed by atoms with van der Waals surface area (Å²) in [6, 6.07) is 8.20. The molecule has 2 aliphatic rings. The van der Waals surface area contributed by atoms with Gasteiger partial charge in [0.2, 0.25) is 0 Å². The Labute approximate surface area is 109 Å². The Balaban J connectivity index is 1.51. The zero-order chi connectivity index (χ0) is 12.5. The van der Waals surface area contributed by atoms with E-state index < -0.39 is 0 Å². The second kappa shape index (κ2) is 4.77. The van der Waals surface area contributed by atoms with Crippen LogP contribution >= 0.6 is 0 Å². The molecule has 0 spiro atoms. The average Bonchev–Trinajstić information content (AvgIpc) is 3.15. The van der Waals surface area contributed by atoms with Crippen LogP contribution in [0.25, 0.3) is 5.57 Å². The largest absolute Gasteiger partial charge is 0.493 e. The van der Waals surface area contributed by atoms with Gasteiger partial charge in [-0.3, -0.25) is 0 Å². The van der Waals surface area contributed by atoms with E-state index in [4.69, 9.17) is 9.47 Å². The number of epoxide rings is 1. The van der Waals surface area contributed by atoms with E-state index in [9.17, 15) is 0 Å². The van der Waals surface area contributed by atoms with Crippen molar-refractivity contribution in [2.75, 3.05) is 6.61 Å². The van der Waals surface area contributed by atoms with E-state index in [0.717, 1.165) is 17.9 Å². The van der Waals surface area contributed by atoms with Crippen molar-refractivity contribution in [3.05, 3.63) is 36.4 Å². The summed E-state index contributed by atoms with van der Waals surface area (Å²) < 4.78 is 11.4. The maximum Gasteiger partial charge on any atom is 0.119 e. The van der Waals surface area contributed by atoms with Gasteiger partial charge in [0, 0.05) is 0 Å². The average molecular weight is 244 g/mol. The summed E-state index contributed by atoms with van der Waals surface area (Å²) in [4.78, 5) is 0. The molecule has 18 heavy (non-hydrogen) atoms. The Kier molecular flexibility index (Phi) is 3.13. The molecule has 1 aliphatic carbocycles. The number of benzene rings is 1. The summed E-state index contributed by atoms with van der Waals surface area (Å²) in [6.07, 6.45) is 4.75. The molecule has 3 atom stereocenters. The van der Waals surface area contributed by atoms with Gasteiger partial charge in [0.05, 0.1) is 18.8 Å². The molecule has 2 nitrogen and oxygen atoms in total. The highest BCUT2D eigenvalue weighted by Gasteiger charge is 2.43.